The van der Waals surface area contributed by atoms with E-state index in [4.69, 9.17) is 9.47 Å². The fourth-order valence-corrected chi connectivity index (χ4v) is 4.37. The molecule has 2 aliphatic heterocycles. The molecule has 3 aliphatic rings. The minimum absolute atomic E-state index is 0.196. The summed E-state index contributed by atoms with van der Waals surface area (Å²) in [5.74, 6) is 2.32. The summed E-state index contributed by atoms with van der Waals surface area (Å²) in [5.41, 5.74) is 7.02. The van der Waals surface area contributed by atoms with Gasteiger partial charge in [-0.3, -0.25) is 4.99 Å². The van der Waals surface area contributed by atoms with Crippen LogP contribution in [-0.2, 0) is 6.61 Å². The lowest BCUT2D eigenvalue weighted by Gasteiger charge is -2.40. The first kappa shape index (κ1) is 21.6. The number of hydrogen-bond acceptors (Lipinski definition) is 5. The number of fused-ring (bicyclic) bond motifs is 1. The Morgan fingerprint density at radius 1 is 1.03 bits per heavy atom. The summed E-state index contributed by atoms with van der Waals surface area (Å²) < 4.78 is 12.4. The van der Waals surface area contributed by atoms with Crippen molar-refractivity contribution in [1.82, 2.24) is 5.43 Å². The van der Waals surface area contributed by atoms with E-state index in [1.165, 1.54) is 5.56 Å². The van der Waals surface area contributed by atoms with Gasteiger partial charge in [-0.15, -0.1) is 10.0 Å². The van der Waals surface area contributed by atoms with Gasteiger partial charge in [0.05, 0.1) is 24.7 Å². The van der Waals surface area contributed by atoms with Crippen molar-refractivity contribution in [3.05, 3.63) is 84.0 Å². The van der Waals surface area contributed by atoms with E-state index in [9.17, 15) is 0 Å². The summed E-state index contributed by atoms with van der Waals surface area (Å²) in [5, 5.41) is 0. The third-order valence-electron chi connectivity index (χ3n) is 6.09. The molecular weight excluding hydrogens is 412 g/mol. The van der Waals surface area contributed by atoms with Crippen LogP contribution in [0.25, 0.3) is 0 Å². The summed E-state index contributed by atoms with van der Waals surface area (Å²) in [6.07, 6.45) is 11.7. The molecule has 2 aromatic rings. The van der Waals surface area contributed by atoms with Crippen LogP contribution in [0.15, 0.2) is 82.8 Å². The predicted molar refractivity (Wildman–Crippen MR) is 131 cm³/mol. The van der Waals surface area contributed by atoms with Crippen LogP contribution < -0.4 is 14.9 Å². The molecule has 170 valence electrons. The zero-order valence-electron chi connectivity index (χ0n) is 19.4. The predicted octanol–water partition coefficient (Wildman–Crippen LogP) is 5.45. The van der Waals surface area contributed by atoms with Gasteiger partial charge in [-0.25, -0.2) is 4.99 Å². The van der Waals surface area contributed by atoms with Gasteiger partial charge in [0.25, 0.3) is 0 Å². The summed E-state index contributed by atoms with van der Waals surface area (Å²) >= 11 is 0. The summed E-state index contributed by atoms with van der Waals surface area (Å²) in [6, 6.07) is 17.1. The largest absolute Gasteiger partial charge is 0.489 e. The van der Waals surface area contributed by atoms with Crippen molar-refractivity contribution in [1.29, 1.82) is 0 Å². The SMILES string of the molecule is CC(C)(C)Oc1ccc(COc2cccc(C3CC(N[N+]45C=CN=CC4=CN=C5)C3)c2)cc1. The Labute approximate surface area is 195 Å². The monoisotopic (exact) mass is 443 g/mol. The number of ether oxygens (including phenoxy) is 2. The van der Waals surface area contributed by atoms with Crippen molar-refractivity contribution in [3.8, 4) is 11.5 Å². The molecule has 1 saturated carbocycles. The molecule has 0 radical (unpaired) electrons. The number of nitrogens with one attached hydrogen (secondary N) is 1. The molecule has 1 aliphatic carbocycles. The topological polar surface area (TPSA) is 55.2 Å². The Bertz CT molecular complexity index is 1120. The first-order valence-corrected chi connectivity index (χ1v) is 11.5. The van der Waals surface area contributed by atoms with Crippen LogP contribution >= 0.6 is 0 Å². The van der Waals surface area contributed by atoms with E-state index in [-0.39, 0.29) is 5.60 Å². The highest BCUT2D eigenvalue weighted by atomic mass is 16.5. The van der Waals surface area contributed by atoms with E-state index in [1.54, 1.807) is 0 Å². The third-order valence-corrected chi connectivity index (χ3v) is 6.09. The summed E-state index contributed by atoms with van der Waals surface area (Å²) in [7, 11) is 0. The number of allylic oxidation sites excluding steroid dienone is 1. The van der Waals surface area contributed by atoms with Gasteiger partial charge in [0, 0.05) is 0 Å². The minimum Gasteiger partial charge on any atom is -0.489 e. The van der Waals surface area contributed by atoms with Gasteiger partial charge in [0.2, 0.25) is 6.34 Å². The van der Waals surface area contributed by atoms with Crippen LogP contribution in [-0.4, -0.2) is 28.8 Å². The standard InChI is InChI=1S/C27H31N4O2/c1-27(2,3)33-25-9-7-20(8-10-25)18-32-26-6-4-5-21(15-26)22-13-23(14-22)30-31-12-11-28-16-24(31)17-29-19-31/h4-12,15-17,19,22-23,30H,13-14,18H2,1-3H3/q+1. The lowest BCUT2D eigenvalue weighted by atomic mass is 9.76. The second-order valence-electron chi connectivity index (χ2n) is 9.89. The van der Waals surface area contributed by atoms with E-state index in [0.717, 1.165) is 35.6 Å². The highest BCUT2D eigenvalue weighted by molar-refractivity contribution is 5.81. The fraction of sp³-hybridized carbons (Fsp3) is 0.333. The molecular formula is C27H31N4O2+. The maximum absolute atomic E-state index is 6.09. The van der Waals surface area contributed by atoms with E-state index >= 15 is 0 Å². The molecule has 1 N–H and O–H groups in total. The van der Waals surface area contributed by atoms with Crippen LogP contribution in [0, 0.1) is 0 Å². The molecule has 1 fully saturated rings. The molecule has 1 atom stereocenters. The summed E-state index contributed by atoms with van der Waals surface area (Å²) in [6.45, 7) is 6.69. The fourth-order valence-electron chi connectivity index (χ4n) is 4.37. The molecule has 1 unspecified atom stereocenters. The summed E-state index contributed by atoms with van der Waals surface area (Å²) in [4.78, 5) is 8.54. The number of quaternary nitrogens is 1. The first-order chi connectivity index (χ1) is 15.9. The lowest BCUT2D eigenvalue weighted by Crippen LogP contribution is -2.58. The van der Waals surface area contributed by atoms with Gasteiger partial charge in [0.1, 0.15) is 29.9 Å². The van der Waals surface area contributed by atoms with Crippen molar-refractivity contribution in [2.45, 2.75) is 57.8 Å². The molecule has 6 heteroatoms. The van der Waals surface area contributed by atoms with Gasteiger partial charge in [-0.1, -0.05) is 24.3 Å². The van der Waals surface area contributed by atoms with Crippen LogP contribution in [0.4, 0.5) is 0 Å². The van der Waals surface area contributed by atoms with Gasteiger partial charge < -0.3 is 9.47 Å². The van der Waals surface area contributed by atoms with Gasteiger partial charge in [0.15, 0.2) is 5.70 Å². The van der Waals surface area contributed by atoms with Crippen molar-refractivity contribution in [2.75, 3.05) is 0 Å². The zero-order valence-corrected chi connectivity index (χ0v) is 19.4. The molecule has 33 heavy (non-hydrogen) atoms. The van der Waals surface area contributed by atoms with E-state index in [2.05, 4.69) is 66.5 Å². The number of hydrogen-bond donors (Lipinski definition) is 1. The molecule has 5 rings (SSSR count). The van der Waals surface area contributed by atoms with Crippen LogP contribution in [0.3, 0.4) is 0 Å². The Hall–Kier alpha value is -3.22. The molecule has 0 aromatic heterocycles. The average Bonchev–Trinajstić information content (AvgIpc) is 3.18. The van der Waals surface area contributed by atoms with Crippen molar-refractivity contribution >= 4 is 12.6 Å². The molecule has 2 heterocycles. The van der Waals surface area contributed by atoms with Crippen LogP contribution in [0.2, 0.25) is 0 Å². The molecule has 0 saturated heterocycles. The molecule has 2 aromatic carbocycles. The van der Waals surface area contributed by atoms with Gasteiger partial charge in [-0.2, -0.15) is 0 Å². The molecule has 6 nitrogen and oxygen atoms in total. The van der Waals surface area contributed by atoms with Crippen molar-refractivity contribution in [3.63, 3.8) is 0 Å². The number of aliphatic imine (C=N–C) groups is 2. The highest BCUT2D eigenvalue weighted by Crippen LogP contribution is 2.39. The molecule has 0 bridgehead atoms. The van der Waals surface area contributed by atoms with E-state index in [1.807, 2.05) is 49.4 Å². The lowest BCUT2D eigenvalue weighted by molar-refractivity contribution is -0.788. The Balaban J connectivity index is 1.14. The maximum atomic E-state index is 6.09. The van der Waals surface area contributed by atoms with Crippen molar-refractivity contribution in [2.24, 2.45) is 9.98 Å². The normalized spacial score (nSPS) is 25.4. The van der Waals surface area contributed by atoms with Crippen LogP contribution in [0.5, 0.6) is 11.5 Å². The van der Waals surface area contributed by atoms with Gasteiger partial charge in [-0.05, 0) is 74.9 Å². The second-order valence-corrected chi connectivity index (χ2v) is 9.89. The van der Waals surface area contributed by atoms with E-state index in [0.29, 0.717) is 23.2 Å². The average molecular weight is 444 g/mol. The number of rotatable bonds is 7. The number of benzene rings is 2. The van der Waals surface area contributed by atoms with E-state index < -0.39 is 0 Å². The maximum Gasteiger partial charge on any atom is 0.219 e. The first-order valence-electron chi connectivity index (χ1n) is 11.5. The minimum atomic E-state index is -0.196. The second kappa shape index (κ2) is 8.61. The number of nitrogens with zero attached hydrogens (tertiary/aromatic N) is 3. The Kier molecular flexibility index (Phi) is 5.64. The third kappa shape index (κ3) is 4.92. The Morgan fingerprint density at radius 2 is 1.85 bits per heavy atom. The quantitative estimate of drug-likeness (QED) is 0.579. The molecule has 0 spiro atoms. The Morgan fingerprint density at radius 3 is 2.64 bits per heavy atom. The molecule has 0 amide bonds. The smallest absolute Gasteiger partial charge is 0.219 e. The van der Waals surface area contributed by atoms with Crippen molar-refractivity contribution < 1.29 is 14.1 Å². The van der Waals surface area contributed by atoms with Gasteiger partial charge >= 0.3 is 0 Å². The zero-order chi connectivity index (χ0) is 22.9. The highest BCUT2D eigenvalue weighted by Gasteiger charge is 2.41. The van der Waals surface area contributed by atoms with Crippen LogP contribution in [0.1, 0.15) is 50.7 Å².